The molecule has 0 aliphatic heterocycles. The van der Waals surface area contributed by atoms with E-state index in [2.05, 4.69) is 5.32 Å². The van der Waals surface area contributed by atoms with Gasteiger partial charge in [0, 0.05) is 19.7 Å². The fraction of sp³-hybridized carbons (Fsp3) is 0.278. The van der Waals surface area contributed by atoms with Gasteiger partial charge in [0.1, 0.15) is 6.54 Å². The van der Waals surface area contributed by atoms with Gasteiger partial charge < -0.3 is 15.0 Å². The molecule has 0 unspecified atom stereocenters. The van der Waals surface area contributed by atoms with Crippen LogP contribution in [0.5, 0.6) is 0 Å². The number of fused-ring (bicyclic) bond motifs is 1. The lowest BCUT2D eigenvalue weighted by Crippen LogP contribution is -2.38. The second kappa shape index (κ2) is 7.59. The lowest BCUT2D eigenvalue weighted by molar-refractivity contribution is -0.157. The van der Waals surface area contributed by atoms with Crippen LogP contribution in [-0.4, -0.2) is 49.4 Å². The summed E-state index contributed by atoms with van der Waals surface area (Å²) in [7, 11) is 3.16. The second-order valence-corrected chi connectivity index (χ2v) is 5.61. The zero-order valence-electron chi connectivity index (χ0n) is 13.9. The van der Waals surface area contributed by atoms with Crippen molar-refractivity contribution in [3.63, 3.8) is 0 Å². The molecule has 0 heterocycles. The van der Waals surface area contributed by atoms with Crippen LogP contribution in [0.2, 0.25) is 0 Å². The lowest BCUT2D eigenvalue weighted by atomic mass is 10.1. The topological polar surface area (TPSA) is 75.7 Å². The standard InChI is InChI=1S/C18H20N2O4/c1-12(18(23)20(2)3)24-16(21)11-19-17(22)15-9-8-13-6-4-5-7-14(13)10-15/h4-10,12H,11H2,1-3H3,(H,19,22)/t12-/m0/s1. The highest BCUT2D eigenvalue weighted by atomic mass is 16.5. The molecule has 0 saturated carbocycles. The quantitative estimate of drug-likeness (QED) is 0.846. The number of rotatable bonds is 5. The molecule has 2 amide bonds. The zero-order valence-corrected chi connectivity index (χ0v) is 13.9. The number of hydrogen-bond donors (Lipinski definition) is 1. The van der Waals surface area contributed by atoms with E-state index < -0.39 is 12.1 Å². The van der Waals surface area contributed by atoms with Gasteiger partial charge in [-0.1, -0.05) is 30.3 Å². The zero-order chi connectivity index (χ0) is 17.7. The van der Waals surface area contributed by atoms with E-state index in [9.17, 15) is 14.4 Å². The molecule has 0 radical (unpaired) electrons. The molecule has 6 heteroatoms. The highest BCUT2D eigenvalue weighted by molar-refractivity contribution is 5.99. The van der Waals surface area contributed by atoms with E-state index in [0.29, 0.717) is 5.56 Å². The monoisotopic (exact) mass is 328 g/mol. The van der Waals surface area contributed by atoms with E-state index in [1.807, 2.05) is 30.3 Å². The van der Waals surface area contributed by atoms with Gasteiger partial charge in [0.25, 0.3) is 11.8 Å². The minimum absolute atomic E-state index is 0.295. The highest BCUT2D eigenvalue weighted by Crippen LogP contribution is 2.15. The van der Waals surface area contributed by atoms with Gasteiger partial charge in [0.2, 0.25) is 0 Å². The largest absolute Gasteiger partial charge is 0.451 e. The summed E-state index contributed by atoms with van der Waals surface area (Å²) in [6.45, 7) is 1.20. The molecule has 126 valence electrons. The first-order valence-electron chi connectivity index (χ1n) is 7.56. The summed E-state index contributed by atoms with van der Waals surface area (Å²) >= 11 is 0. The fourth-order valence-electron chi connectivity index (χ4n) is 2.24. The molecular formula is C18H20N2O4. The van der Waals surface area contributed by atoms with Gasteiger partial charge >= 0.3 is 5.97 Å². The van der Waals surface area contributed by atoms with Crippen molar-refractivity contribution < 1.29 is 19.1 Å². The molecule has 2 aromatic carbocycles. The first-order valence-corrected chi connectivity index (χ1v) is 7.56. The lowest BCUT2D eigenvalue weighted by Gasteiger charge is -2.17. The van der Waals surface area contributed by atoms with Crippen molar-refractivity contribution in [1.82, 2.24) is 10.2 Å². The van der Waals surface area contributed by atoms with Crippen LogP contribution in [0.15, 0.2) is 42.5 Å². The summed E-state index contributed by atoms with van der Waals surface area (Å²) in [5.41, 5.74) is 0.457. The van der Waals surface area contributed by atoms with Crippen LogP contribution in [-0.2, 0) is 14.3 Å². The fourth-order valence-corrected chi connectivity index (χ4v) is 2.24. The predicted molar refractivity (Wildman–Crippen MR) is 90.5 cm³/mol. The number of hydrogen-bond acceptors (Lipinski definition) is 4. The third-order valence-corrected chi connectivity index (χ3v) is 3.50. The van der Waals surface area contributed by atoms with E-state index in [1.54, 1.807) is 26.2 Å². The number of carbonyl (C=O) groups excluding carboxylic acids is 3. The maximum absolute atomic E-state index is 12.1. The molecule has 24 heavy (non-hydrogen) atoms. The first kappa shape index (κ1) is 17.5. The Bertz CT molecular complexity index is 770. The van der Waals surface area contributed by atoms with Crippen molar-refractivity contribution in [2.75, 3.05) is 20.6 Å². The van der Waals surface area contributed by atoms with Crippen molar-refractivity contribution in [2.45, 2.75) is 13.0 Å². The summed E-state index contributed by atoms with van der Waals surface area (Å²) in [5.74, 6) is -1.35. The number of benzene rings is 2. The smallest absolute Gasteiger partial charge is 0.326 e. The maximum atomic E-state index is 12.1. The molecule has 0 saturated heterocycles. The van der Waals surface area contributed by atoms with Crippen LogP contribution in [0.3, 0.4) is 0 Å². The Morgan fingerprint density at radius 3 is 2.42 bits per heavy atom. The van der Waals surface area contributed by atoms with E-state index in [-0.39, 0.29) is 18.4 Å². The molecule has 6 nitrogen and oxygen atoms in total. The molecule has 1 atom stereocenters. The van der Waals surface area contributed by atoms with E-state index in [4.69, 9.17) is 4.74 Å². The van der Waals surface area contributed by atoms with Crippen molar-refractivity contribution >= 4 is 28.6 Å². The van der Waals surface area contributed by atoms with Crippen molar-refractivity contribution in [3.05, 3.63) is 48.0 Å². The molecule has 0 aliphatic rings. The Morgan fingerprint density at radius 2 is 1.75 bits per heavy atom. The van der Waals surface area contributed by atoms with Crippen molar-refractivity contribution in [1.29, 1.82) is 0 Å². The predicted octanol–water partition coefficient (Wildman–Crippen LogP) is 1.59. The minimum atomic E-state index is -0.884. The van der Waals surface area contributed by atoms with Crippen LogP contribution in [0, 0.1) is 0 Å². The average molecular weight is 328 g/mol. The summed E-state index contributed by atoms with van der Waals surface area (Å²) < 4.78 is 4.99. The molecule has 0 spiro atoms. The molecule has 0 bridgehead atoms. The summed E-state index contributed by atoms with van der Waals surface area (Å²) in [6, 6.07) is 13.0. The van der Waals surface area contributed by atoms with Gasteiger partial charge in [-0.2, -0.15) is 0 Å². The first-order chi connectivity index (χ1) is 11.4. The van der Waals surface area contributed by atoms with Crippen molar-refractivity contribution in [3.8, 4) is 0 Å². The Balaban J connectivity index is 1.92. The number of ether oxygens (including phenoxy) is 1. The SMILES string of the molecule is C[C@H](OC(=O)CNC(=O)c1ccc2ccccc2c1)C(=O)N(C)C. The van der Waals surface area contributed by atoms with Crippen LogP contribution in [0.1, 0.15) is 17.3 Å². The number of carbonyl (C=O) groups is 3. The Kier molecular flexibility index (Phi) is 5.52. The Morgan fingerprint density at radius 1 is 1.08 bits per heavy atom. The molecule has 2 aromatic rings. The van der Waals surface area contributed by atoms with Crippen LogP contribution < -0.4 is 5.32 Å². The summed E-state index contributed by atoms with van der Waals surface area (Å²) in [4.78, 5) is 36.8. The molecule has 0 aliphatic carbocycles. The van der Waals surface area contributed by atoms with Crippen LogP contribution >= 0.6 is 0 Å². The third-order valence-electron chi connectivity index (χ3n) is 3.50. The van der Waals surface area contributed by atoms with Crippen LogP contribution in [0.4, 0.5) is 0 Å². The third kappa shape index (κ3) is 4.32. The summed E-state index contributed by atoms with van der Waals surface area (Å²) in [6.07, 6.45) is -0.884. The average Bonchev–Trinajstić information content (AvgIpc) is 2.58. The molecule has 0 aromatic heterocycles. The number of likely N-dealkylation sites (N-methyl/N-ethyl adjacent to an activating group) is 1. The van der Waals surface area contributed by atoms with Gasteiger partial charge in [-0.15, -0.1) is 0 Å². The second-order valence-electron chi connectivity index (χ2n) is 5.61. The highest BCUT2D eigenvalue weighted by Gasteiger charge is 2.19. The van der Waals surface area contributed by atoms with Crippen molar-refractivity contribution in [2.24, 2.45) is 0 Å². The molecule has 2 rings (SSSR count). The summed E-state index contributed by atoms with van der Waals surface area (Å²) in [5, 5.41) is 4.47. The Labute approximate surface area is 140 Å². The number of nitrogens with zero attached hydrogens (tertiary/aromatic N) is 1. The number of esters is 1. The van der Waals surface area contributed by atoms with Gasteiger partial charge in [0.05, 0.1) is 0 Å². The molecule has 1 N–H and O–H groups in total. The van der Waals surface area contributed by atoms with Gasteiger partial charge in [0.15, 0.2) is 6.10 Å². The molecular weight excluding hydrogens is 308 g/mol. The van der Waals surface area contributed by atoms with E-state index in [1.165, 1.54) is 11.8 Å². The molecule has 0 fully saturated rings. The number of nitrogens with one attached hydrogen (secondary N) is 1. The van der Waals surface area contributed by atoms with Gasteiger partial charge in [-0.05, 0) is 29.8 Å². The van der Waals surface area contributed by atoms with E-state index >= 15 is 0 Å². The maximum Gasteiger partial charge on any atom is 0.326 e. The van der Waals surface area contributed by atoms with Gasteiger partial charge in [-0.3, -0.25) is 14.4 Å². The normalized spacial score (nSPS) is 11.6. The minimum Gasteiger partial charge on any atom is -0.451 e. The van der Waals surface area contributed by atoms with Crippen LogP contribution in [0.25, 0.3) is 10.8 Å². The number of amides is 2. The van der Waals surface area contributed by atoms with E-state index in [0.717, 1.165) is 10.8 Å². The van der Waals surface area contributed by atoms with Gasteiger partial charge in [-0.25, -0.2) is 0 Å². The Hall–Kier alpha value is -2.89.